The van der Waals surface area contributed by atoms with Crippen LogP contribution in [-0.4, -0.2) is 24.9 Å². The van der Waals surface area contributed by atoms with E-state index in [4.69, 9.17) is 0 Å². The molecule has 1 N–H and O–H groups in total. The van der Waals surface area contributed by atoms with E-state index in [1.54, 1.807) is 11.8 Å². The van der Waals surface area contributed by atoms with Gasteiger partial charge in [0.25, 0.3) is 0 Å². The van der Waals surface area contributed by atoms with Crippen molar-refractivity contribution in [2.45, 2.75) is 34.1 Å². The molecule has 0 aliphatic carbocycles. The molecule has 0 heterocycles. The largest absolute Gasteiger partial charge is 0.354 e. The summed E-state index contributed by atoms with van der Waals surface area (Å²) in [5.74, 6) is -0.0586. The maximum atomic E-state index is 12.1. The number of rotatable bonds is 6. The topological polar surface area (TPSA) is 49.4 Å². The number of aryl methyl sites for hydroxylation is 2. The molecule has 0 radical (unpaired) electrons. The van der Waals surface area contributed by atoms with Gasteiger partial charge in [0.1, 0.15) is 0 Å². The predicted octanol–water partition coefficient (Wildman–Crippen LogP) is 3.32. The molecule has 2 amide bonds. The van der Waals surface area contributed by atoms with Crippen molar-refractivity contribution in [3.05, 3.63) is 64.7 Å². The van der Waals surface area contributed by atoms with E-state index >= 15 is 0 Å². The number of carbonyl (C=O) groups is 2. The predicted molar refractivity (Wildman–Crippen MR) is 102 cm³/mol. The van der Waals surface area contributed by atoms with Crippen LogP contribution in [-0.2, 0) is 16.0 Å². The molecule has 0 unspecified atom stereocenters. The van der Waals surface area contributed by atoms with Crippen molar-refractivity contribution < 1.29 is 9.59 Å². The minimum Gasteiger partial charge on any atom is -0.354 e. The first-order valence-electron chi connectivity index (χ1n) is 8.55. The van der Waals surface area contributed by atoms with Crippen molar-refractivity contribution in [1.82, 2.24) is 5.32 Å². The van der Waals surface area contributed by atoms with E-state index in [0.29, 0.717) is 19.5 Å². The molecular formula is C21H26N2O2. The van der Waals surface area contributed by atoms with Crippen molar-refractivity contribution in [3.63, 3.8) is 0 Å². The fraction of sp³-hybridized carbons (Fsp3) is 0.333. The van der Waals surface area contributed by atoms with E-state index in [9.17, 15) is 9.59 Å². The molecule has 132 valence electrons. The number of hydrogen-bond donors (Lipinski definition) is 1. The molecule has 0 fully saturated rings. The van der Waals surface area contributed by atoms with Crippen LogP contribution in [0.1, 0.15) is 29.2 Å². The van der Waals surface area contributed by atoms with Crippen molar-refractivity contribution in [3.8, 4) is 0 Å². The molecule has 25 heavy (non-hydrogen) atoms. The Balaban J connectivity index is 1.94. The van der Waals surface area contributed by atoms with Gasteiger partial charge in [0.05, 0.1) is 6.42 Å². The van der Waals surface area contributed by atoms with Crippen LogP contribution in [0.2, 0.25) is 0 Å². The minimum atomic E-state index is -0.0323. The Morgan fingerprint density at radius 3 is 2.44 bits per heavy atom. The molecule has 4 nitrogen and oxygen atoms in total. The van der Waals surface area contributed by atoms with Crippen LogP contribution in [0.4, 0.5) is 5.69 Å². The Labute approximate surface area is 149 Å². The third-order valence-electron chi connectivity index (χ3n) is 4.35. The molecule has 0 aromatic heterocycles. The molecule has 2 rings (SSSR count). The first kappa shape index (κ1) is 18.7. The van der Waals surface area contributed by atoms with Gasteiger partial charge in [-0.1, -0.05) is 42.0 Å². The molecule has 2 aromatic rings. The van der Waals surface area contributed by atoms with Crippen molar-refractivity contribution in [2.75, 3.05) is 18.0 Å². The third-order valence-corrected chi connectivity index (χ3v) is 4.35. The third kappa shape index (κ3) is 5.18. The first-order chi connectivity index (χ1) is 11.9. The second kappa shape index (κ2) is 8.47. The van der Waals surface area contributed by atoms with Crippen LogP contribution in [0.3, 0.4) is 0 Å². The lowest BCUT2D eigenvalue weighted by Gasteiger charge is -2.24. The number of amides is 2. The highest BCUT2D eigenvalue weighted by Crippen LogP contribution is 2.22. The highest BCUT2D eigenvalue weighted by Gasteiger charge is 2.14. The fourth-order valence-electron chi connectivity index (χ4n) is 2.85. The van der Waals surface area contributed by atoms with Crippen molar-refractivity contribution in [2.24, 2.45) is 0 Å². The lowest BCUT2D eigenvalue weighted by atomic mass is 10.1. The summed E-state index contributed by atoms with van der Waals surface area (Å²) in [5, 5.41) is 2.91. The van der Waals surface area contributed by atoms with Gasteiger partial charge in [-0.2, -0.15) is 0 Å². The van der Waals surface area contributed by atoms with Gasteiger partial charge in [-0.3, -0.25) is 9.59 Å². The number of anilines is 1. The van der Waals surface area contributed by atoms with Gasteiger partial charge in [-0.25, -0.2) is 0 Å². The zero-order valence-corrected chi connectivity index (χ0v) is 15.4. The van der Waals surface area contributed by atoms with Gasteiger partial charge in [-0.05, 0) is 43.5 Å². The second-order valence-corrected chi connectivity index (χ2v) is 6.41. The summed E-state index contributed by atoms with van der Waals surface area (Å²) < 4.78 is 0. The Morgan fingerprint density at radius 2 is 1.76 bits per heavy atom. The second-order valence-electron chi connectivity index (χ2n) is 6.41. The van der Waals surface area contributed by atoms with Gasteiger partial charge in [0.2, 0.25) is 11.8 Å². The fourth-order valence-corrected chi connectivity index (χ4v) is 2.85. The molecule has 0 spiro atoms. The maximum absolute atomic E-state index is 12.1. The number of nitrogens with one attached hydrogen (secondary N) is 1. The summed E-state index contributed by atoms with van der Waals surface area (Å²) in [5.41, 5.74) is 5.27. The van der Waals surface area contributed by atoms with Crippen LogP contribution >= 0.6 is 0 Å². The molecule has 0 aliphatic rings. The van der Waals surface area contributed by atoms with Crippen LogP contribution < -0.4 is 10.2 Å². The Kier molecular flexibility index (Phi) is 6.34. The molecule has 0 saturated carbocycles. The summed E-state index contributed by atoms with van der Waals surface area (Å²) in [6, 6.07) is 13.8. The lowest BCUT2D eigenvalue weighted by Crippen LogP contribution is -2.38. The maximum Gasteiger partial charge on any atom is 0.224 e. The van der Waals surface area contributed by atoms with E-state index < -0.39 is 0 Å². The summed E-state index contributed by atoms with van der Waals surface area (Å²) in [4.78, 5) is 25.9. The van der Waals surface area contributed by atoms with Crippen molar-refractivity contribution >= 4 is 17.5 Å². The number of nitrogens with zero attached hydrogens (tertiary/aromatic N) is 1. The van der Waals surface area contributed by atoms with Crippen LogP contribution in [0, 0.1) is 20.8 Å². The molecule has 2 aromatic carbocycles. The van der Waals surface area contributed by atoms with Gasteiger partial charge in [-0.15, -0.1) is 0 Å². The lowest BCUT2D eigenvalue weighted by molar-refractivity contribution is -0.121. The number of hydrogen-bond acceptors (Lipinski definition) is 2. The first-order valence-corrected chi connectivity index (χ1v) is 8.55. The molecular weight excluding hydrogens is 312 g/mol. The summed E-state index contributed by atoms with van der Waals surface area (Å²) in [6.07, 6.45) is 0.352. The number of benzene rings is 2. The monoisotopic (exact) mass is 338 g/mol. The van der Waals surface area contributed by atoms with Crippen molar-refractivity contribution in [1.29, 1.82) is 0 Å². The Morgan fingerprint density at radius 1 is 1.04 bits per heavy atom. The number of carbonyl (C=O) groups excluding carboxylic acids is 2. The summed E-state index contributed by atoms with van der Waals surface area (Å²) in [6.45, 7) is 8.49. The van der Waals surface area contributed by atoms with E-state index in [1.807, 2.05) is 63.2 Å². The standard InChI is InChI=1S/C21H26N2O2/c1-15-7-5-9-19(13-15)14-21(25)22-11-12-23(18(4)24)20-10-6-8-16(2)17(20)3/h5-10,13H,11-12,14H2,1-4H3,(H,22,25). The molecule has 4 heteroatoms. The van der Waals surface area contributed by atoms with Gasteiger partial charge in [0.15, 0.2) is 0 Å². The van der Waals surface area contributed by atoms with Gasteiger partial charge < -0.3 is 10.2 Å². The van der Waals surface area contributed by atoms with Crippen LogP contribution in [0.25, 0.3) is 0 Å². The average Bonchev–Trinajstić information content (AvgIpc) is 2.54. The summed E-state index contributed by atoms with van der Waals surface area (Å²) in [7, 11) is 0. The average molecular weight is 338 g/mol. The highest BCUT2D eigenvalue weighted by molar-refractivity contribution is 5.92. The Hall–Kier alpha value is -2.62. The molecule has 0 saturated heterocycles. The smallest absolute Gasteiger partial charge is 0.224 e. The Bertz CT molecular complexity index is 768. The molecule has 0 atom stereocenters. The minimum absolute atomic E-state index is 0.0263. The van der Waals surface area contributed by atoms with E-state index in [2.05, 4.69) is 5.32 Å². The summed E-state index contributed by atoms with van der Waals surface area (Å²) >= 11 is 0. The van der Waals surface area contributed by atoms with E-state index in [0.717, 1.165) is 27.9 Å². The van der Waals surface area contributed by atoms with E-state index in [1.165, 1.54) is 0 Å². The molecule has 0 aliphatic heterocycles. The highest BCUT2D eigenvalue weighted by atomic mass is 16.2. The van der Waals surface area contributed by atoms with Gasteiger partial charge >= 0.3 is 0 Å². The zero-order valence-electron chi connectivity index (χ0n) is 15.4. The van der Waals surface area contributed by atoms with Gasteiger partial charge in [0, 0.05) is 25.7 Å². The van der Waals surface area contributed by atoms with E-state index in [-0.39, 0.29) is 11.8 Å². The van der Waals surface area contributed by atoms with Crippen LogP contribution in [0.15, 0.2) is 42.5 Å². The SMILES string of the molecule is CC(=O)N(CCNC(=O)Cc1cccc(C)c1)c1cccc(C)c1C. The van der Waals surface area contributed by atoms with Crippen LogP contribution in [0.5, 0.6) is 0 Å². The quantitative estimate of drug-likeness (QED) is 0.878. The normalized spacial score (nSPS) is 10.4. The zero-order chi connectivity index (χ0) is 18.4. The molecule has 0 bridgehead atoms.